The SMILES string of the molecule is CC(C)(C)c1nn(-c2ccccc2)cc1S(=O)(=O)N1CCCCC1CCO. The largest absolute Gasteiger partial charge is 0.396 e. The molecule has 0 aliphatic carbocycles. The lowest BCUT2D eigenvalue weighted by atomic mass is 9.92. The molecule has 27 heavy (non-hydrogen) atoms. The summed E-state index contributed by atoms with van der Waals surface area (Å²) < 4.78 is 30.4. The zero-order chi connectivity index (χ0) is 19.7. The third-order valence-corrected chi connectivity index (χ3v) is 6.99. The molecule has 1 aliphatic rings. The number of aromatic nitrogens is 2. The highest BCUT2D eigenvalue weighted by molar-refractivity contribution is 7.89. The summed E-state index contributed by atoms with van der Waals surface area (Å²) in [5.41, 5.74) is 0.986. The maximum Gasteiger partial charge on any atom is 0.246 e. The standard InChI is InChI=1S/C20H29N3O3S/c1-20(2,3)19-18(15-22(21-19)16-9-5-4-6-10-16)27(25,26)23-13-8-7-11-17(23)12-14-24/h4-6,9-10,15,17,24H,7-8,11-14H2,1-3H3. The average Bonchev–Trinajstić information content (AvgIpc) is 3.10. The zero-order valence-electron chi connectivity index (χ0n) is 16.3. The van der Waals surface area contributed by atoms with Crippen molar-refractivity contribution < 1.29 is 13.5 Å². The van der Waals surface area contributed by atoms with Crippen molar-refractivity contribution in [3.8, 4) is 5.69 Å². The number of hydrogen-bond donors (Lipinski definition) is 1. The molecule has 6 nitrogen and oxygen atoms in total. The normalized spacial score (nSPS) is 19.3. The van der Waals surface area contributed by atoms with E-state index in [0.29, 0.717) is 18.7 Å². The third-order valence-electron chi connectivity index (χ3n) is 5.03. The Bertz CT molecular complexity index is 868. The number of benzene rings is 1. The summed E-state index contributed by atoms with van der Waals surface area (Å²) in [6.07, 6.45) is 4.73. The van der Waals surface area contributed by atoms with Gasteiger partial charge in [-0.25, -0.2) is 13.1 Å². The maximum absolute atomic E-state index is 13.6. The number of rotatable bonds is 5. The molecule has 1 unspecified atom stereocenters. The van der Waals surface area contributed by atoms with Crippen molar-refractivity contribution in [3.05, 3.63) is 42.2 Å². The summed E-state index contributed by atoms with van der Waals surface area (Å²) in [4.78, 5) is 0.267. The summed E-state index contributed by atoms with van der Waals surface area (Å²) in [5.74, 6) is 0. The molecule has 7 heteroatoms. The van der Waals surface area contributed by atoms with E-state index in [1.54, 1.807) is 15.2 Å². The molecule has 0 bridgehead atoms. The van der Waals surface area contributed by atoms with Crippen LogP contribution in [0.25, 0.3) is 5.69 Å². The van der Waals surface area contributed by atoms with Crippen LogP contribution in [0.15, 0.2) is 41.4 Å². The van der Waals surface area contributed by atoms with Crippen LogP contribution < -0.4 is 0 Å². The number of nitrogens with zero attached hydrogens (tertiary/aromatic N) is 3. The molecule has 1 N–H and O–H groups in total. The molecule has 0 amide bonds. The van der Waals surface area contributed by atoms with E-state index >= 15 is 0 Å². The zero-order valence-corrected chi connectivity index (χ0v) is 17.1. The fourth-order valence-corrected chi connectivity index (χ4v) is 5.68. The van der Waals surface area contributed by atoms with Crippen molar-refractivity contribution >= 4 is 10.0 Å². The van der Waals surface area contributed by atoms with Crippen molar-refractivity contribution in [1.82, 2.24) is 14.1 Å². The van der Waals surface area contributed by atoms with E-state index in [4.69, 9.17) is 0 Å². The summed E-state index contributed by atoms with van der Waals surface area (Å²) in [7, 11) is -3.70. The monoisotopic (exact) mass is 391 g/mol. The van der Waals surface area contributed by atoms with Crippen LogP contribution in [0.1, 0.15) is 52.1 Å². The number of aliphatic hydroxyl groups is 1. The van der Waals surface area contributed by atoms with Crippen molar-refractivity contribution in [2.45, 2.75) is 62.8 Å². The van der Waals surface area contributed by atoms with Crippen LogP contribution in [0.2, 0.25) is 0 Å². The van der Waals surface area contributed by atoms with Gasteiger partial charge in [0.2, 0.25) is 10.0 Å². The quantitative estimate of drug-likeness (QED) is 0.850. The van der Waals surface area contributed by atoms with Crippen LogP contribution in [0.3, 0.4) is 0 Å². The number of piperidine rings is 1. The van der Waals surface area contributed by atoms with Crippen molar-refractivity contribution in [1.29, 1.82) is 0 Å². The van der Waals surface area contributed by atoms with E-state index < -0.39 is 15.4 Å². The molecule has 0 radical (unpaired) electrons. The second kappa shape index (κ2) is 7.73. The second-order valence-corrected chi connectivity index (χ2v) is 10.0. The highest BCUT2D eigenvalue weighted by Gasteiger charge is 2.38. The van der Waals surface area contributed by atoms with Crippen LogP contribution in [0.4, 0.5) is 0 Å². The van der Waals surface area contributed by atoms with Gasteiger partial charge < -0.3 is 5.11 Å². The lowest BCUT2D eigenvalue weighted by Gasteiger charge is -2.34. The van der Waals surface area contributed by atoms with Gasteiger partial charge >= 0.3 is 0 Å². The molecular formula is C20H29N3O3S. The number of aliphatic hydroxyl groups excluding tert-OH is 1. The van der Waals surface area contributed by atoms with Gasteiger partial charge in [-0.1, -0.05) is 45.4 Å². The lowest BCUT2D eigenvalue weighted by molar-refractivity contribution is 0.192. The van der Waals surface area contributed by atoms with Crippen LogP contribution in [0, 0.1) is 0 Å². The second-order valence-electron chi connectivity index (χ2n) is 8.15. The Morgan fingerprint density at radius 2 is 1.89 bits per heavy atom. The Balaban J connectivity index is 2.09. The third kappa shape index (κ3) is 4.10. The number of para-hydroxylation sites is 1. The minimum absolute atomic E-state index is 0.00785. The van der Waals surface area contributed by atoms with Gasteiger partial charge in [0.25, 0.3) is 0 Å². The van der Waals surface area contributed by atoms with E-state index in [1.807, 2.05) is 51.1 Å². The van der Waals surface area contributed by atoms with Crippen molar-refractivity contribution in [3.63, 3.8) is 0 Å². The minimum Gasteiger partial charge on any atom is -0.396 e. The average molecular weight is 392 g/mol. The van der Waals surface area contributed by atoms with Crippen LogP contribution >= 0.6 is 0 Å². The Labute approximate surface area is 161 Å². The smallest absolute Gasteiger partial charge is 0.246 e. The highest BCUT2D eigenvalue weighted by atomic mass is 32.2. The Hall–Kier alpha value is -1.70. The molecule has 1 atom stereocenters. The summed E-state index contributed by atoms with van der Waals surface area (Å²) >= 11 is 0. The first kappa shape index (κ1) is 20.0. The van der Waals surface area contributed by atoms with Gasteiger partial charge in [0.1, 0.15) is 4.90 Å². The molecule has 0 spiro atoms. The molecule has 1 aromatic carbocycles. The molecule has 2 aromatic rings. The Kier molecular flexibility index (Phi) is 5.74. The fraction of sp³-hybridized carbons (Fsp3) is 0.550. The van der Waals surface area contributed by atoms with Crippen LogP contribution in [-0.2, 0) is 15.4 Å². The number of hydrogen-bond acceptors (Lipinski definition) is 4. The topological polar surface area (TPSA) is 75.4 Å². The van der Waals surface area contributed by atoms with Crippen LogP contribution in [0.5, 0.6) is 0 Å². The highest BCUT2D eigenvalue weighted by Crippen LogP contribution is 2.33. The molecule has 3 rings (SSSR count). The first-order valence-corrected chi connectivity index (χ1v) is 11.0. The Morgan fingerprint density at radius 3 is 2.52 bits per heavy atom. The van der Waals surface area contributed by atoms with E-state index in [2.05, 4.69) is 5.10 Å². The van der Waals surface area contributed by atoms with Gasteiger partial charge in [0, 0.05) is 24.6 Å². The van der Waals surface area contributed by atoms with E-state index in [-0.39, 0.29) is 17.5 Å². The summed E-state index contributed by atoms with van der Waals surface area (Å²) in [5, 5.41) is 14.0. The molecule has 1 fully saturated rings. The number of sulfonamides is 1. The van der Waals surface area contributed by atoms with Crippen molar-refractivity contribution in [2.24, 2.45) is 0 Å². The predicted molar refractivity (Wildman–Crippen MR) is 105 cm³/mol. The first-order chi connectivity index (χ1) is 12.7. The van der Waals surface area contributed by atoms with Gasteiger partial charge in [-0.2, -0.15) is 9.40 Å². The first-order valence-electron chi connectivity index (χ1n) is 9.53. The minimum atomic E-state index is -3.70. The van der Waals surface area contributed by atoms with Gasteiger partial charge in [-0.15, -0.1) is 0 Å². The van der Waals surface area contributed by atoms with Gasteiger partial charge in [-0.05, 0) is 31.4 Å². The molecular weight excluding hydrogens is 362 g/mol. The summed E-state index contributed by atoms with van der Waals surface area (Å²) in [6.45, 7) is 6.42. The van der Waals surface area contributed by atoms with E-state index in [9.17, 15) is 13.5 Å². The molecule has 2 heterocycles. The lowest BCUT2D eigenvalue weighted by Crippen LogP contribution is -2.44. The molecule has 0 saturated carbocycles. The van der Waals surface area contributed by atoms with Gasteiger partial charge in [0.15, 0.2) is 0 Å². The molecule has 148 valence electrons. The Morgan fingerprint density at radius 1 is 1.19 bits per heavy atom. The summed E-state index contributed by atoms with van der Waals surface area (Å²) in [6, 6.07) is 9.40. The van der Waals surface area contributed by atoms with E-state index in [0.717, 1.165) is 24.9 Å². The predicted octanol–water partition coefficient (Wildman–Crippen LogP) is 3.10. The molecule has 1 aliphatic heterocycles. The molecule has 1 saturated heterocycles. The van der Waals surface area contributed by atoms with E-state index in [1.165, 1.54) is 0 Å². The maximum atomic E-state index is 13.6. The molecule has 1 aromatic heterocycles. The van der Waals surface area contributed by atoms with Gasteiger partial charge in [0.05, 0.1) is 17.6 Å². The van der Waals surface area contributed by atoms with Gasteiger partial charge in [-0.3, -0.25) is 0 Å². The van der Waals surface area contributed by atoms with Crippen molar-refractivity contribution in [2.75, 3.05) is 13.2 Å². The fourth-order valence-electron chi connectivity index (χ4n) is 3.63. The van der Waals surface area contributed by atoms with Crippen LogP contribution in [-0.4, -0.2) is 46.8 Å².